The molecule has 3 heterocycles. The highest BCUT2D eigenvalue weighted by Crippen LogP contribution is 2.42. The maximum atomic E-state index is 14.1. The van der Waals surface area contributed by atoms with Crippen molar-refractivity contribution in [1.29, 1.82) is 0 Å². The summed E-state index contributed by atoms with van der Waals surface area (Å²) in [6, 6.07) is 18.4. The Hall–Kier alpha value is -3.21. The minimum atomic E-state index is -0.791. The van der Waals surface area contributed by atoms with Gasteiger partial charge >= 0.3 is 12.1 Å². The van der Waals surface area contributed by atoms with Crippen molar-refractivity contribution >= 4 is 41.5 Å². The van der Waals surface area contributed by atoms with Gasteiger partial charge in [-0.3, -0.25) is 9.69 Å². The molecular formula is C33H39N3O5S2. The molecule has 5 rings (SSSR count). The van der Waals surface area contributed by atoms with E-state index < -0.39 is 35.2 Å². The topological polar surface area (TPSA) is 88.2 Å². The molecule has 228 valence electrons. The maximum Gasteiger partial charge on any atom is 0.408 e. The number of rotatable bonds is 8. The molecule has 2 fully saturated rings. The van der Waals surface area contributed by atoms with Crippen LogP contribution in [0.25, 0.3) is 0 Å². The molecule has 0 unspecified atom stereocenters. The Morgan fingerprint density at radius 1 is 1.02 bits per heavy atom. The zero-order chi connectivity index (χ0) is 30.6. The largest absolute Gasteiger partial charge is 0.448 e. The van der Waals surface area contributed by atoms with E-state index in [2.05, 4.69) is 17.3 Å². The molecule has 10 heteroatoms. The molecule has 2 amide bonds. The number of piperidine rings is 1. The molecule has 3 aliphatic heterocycles. The Kier molecular flexibility index (Phi) is 9.88. The summed E-state index contributed by atoms with van der Waals surface area (Å²) in [6.45, 7) is 7.44. The van der Waals surface area contributed by atoms with Gasteiger partial charge in [0.05, 0.1) is 0 Å². The molecular weight excluding hydrogens is 583 g/mol. The number of hydrogen-bond donors (Lipinski definition) is 1. The average molecular weight is 622 g/mol. The molecule has 2 saturated heterocycles. The van der Waals surface area contributed by atoms with Gasteiger partial charge in [-0.05, 0) is 81.9 Å². The smallest absolute Gasteiger partial charge is 0.408 e. The summed E-state index contributed by atoms with van der Waals surface area (Å²) in [7, 11) is 2.14. The van der Waals surface area contributed by atoms with Gasteiger partial charge in [-0.1, -0.05) is 60.7 Å². The molecule has 2 aromatic carbocycles. The Morgan fingerprint density at radius 3 is 2.21 bits per heavy atom. The van der Waals surface area contributed by atoms with Crippen LogP contribution in [0, 0.1) is 0 Å². The van der Waals surface area contributed by atoms with Crippen molar-refractivity contribution in [3.63, 3.8) is 0 Å². The number of carbonyl (C=O) groups excluding carboxylic acids is 3. The first kappa shape index (κ1) is 31.2. The molecule has 0 radical (unpaired) electrons. The highest BCUT2D eigenvalue weighted by Gasteiger charge is 2.54. The van der Waals surface area contributed by atoms with Crippen LogP contribution in [0.4, 0.5) is 4.79 Å². The van der Waals surface area contributed by atoms with Crippen LogP contribution in [0.1, 0.15) is 50.8 Å². The molecule has 8 nitrogen and oxygen atoms in total. The second-order valence-electron chi connectivity index (χ2n) is 12.0. The van der Waals surface area contributed by atoms with Crippen molar-refractivity contribution in [1.82, 2.24) is 15.1 Å². The fourth-order valence-electron chi connectivity index (χ4n) is 5.30. The molecule has 43 heavy (non-hydrogen) atoms. The number of amides is 2. The summed E-state index contributed by atoms with van der Waals surface area (Å²) in [5.41, 5.74) is 1.93. The molecule has 1 N–H and O–H groups in total. The first-order valence-electron chi connectivity index (χ1n) is 14.6. The standard InChI is InChI=1S/C33H39N3O5S2/c1-33(2,3)41-32(39)34-26-29(37)36-27(24(21-43-30(26)36)17-20-42-25-15-18-35(4)19-16-25)31(38)40-28(22-11-7-5-8-12-22)23-13-9-6-10-14-23/h5-14,17,20,25-26,28,30H,15-16,18-19,21H2,1-4H3,(H,34,39)/b20-17+/t26-,30-/m1/s1. The van der Waals surface area contributed by atoms with Crippen molar-refractivity contribution in [3.8, 4) is 0 Å². The number of nitrogens with zero attached hydrogens (tertiary/aromatic N) is 2. The van der Waals surface area contributed by atoms with E-state index in [4.69, 9.17) is 9.47 Å². The lowest BCUT2D eigenvalue weighted by Gasteiger charge is -2.49. The third kappa shape index (κ3) is 7.66. The number of β-lactam (4-membered cyclic amide) rings is 1. The van der Waals surface area contributed by atoms with Gasteiger partial charge in [0.2, 0.25) is 0 Å². The van der Waals surface area contributed by atoms with Crippen LogP contribution in [0.15, 0.2) is 83.4 Å². The Balaban J connectivity index is 1.41. The number of likely N-dealkylation sites (tertiary alicyclic amines) is 1. The minimum absolute atomic E-state index is 0.230. The van der Waals surface area contributed by atoms with Gasteiger partial charge in [0.15, 0.2) is 6.10 Å². The van der Waals surface area contributed by atoms with Gasteiger partial charge in [-0.25, -0.2) is 9.59 Å². The zero-order valence-electron chi connectivity index (χ0n) is 25.0. The quantitative estimate of drug-likeness (QED) is 0.296. The van der Waals surface area contributed by atoms with E-state index in [1.165, 1.54) is 16.7 Å². The predicted octanol–water partition coefficient (Wildman–Crippen LogP) is 5.72. The molecule has 0 bridgehead atoms. The summed E-state index contributed by atoms with van der Waals surface area (Å²) >= 11 is 3.28. The van der Waals surface area contributed by atoms with Crippen LogP contribution in [0.5, 0.6) is 0 Å². The number of benzene rings is 2. The van der Waals surface area contributed by atoms with Crippen LogP contribution < -0.4 is 5.32 Å². The number of fused-ring (bicyclic) bond motifs is 1. The van der Waals surface area contributed by atoms with Crippen LogP contribution in [-0.2, 0) is 19.1 Å². The van der Waals surface area contributed by atoms with E-state index in [0.29, 0.717) is 11.0 Å². The number of esters is 1. The fourth-order valence-corrected chi connectivity index (χ4v) is 7.56. The van der Waals surface area contributed by atoms with Crippen molar-refractivity contribution in [2.45, 2.75) is 62.0 Å². The number of thioether (sulfide) groups is 2. The highest BCUT2D eigenvalue weighted by atomic mass is 32.2. The summed E-state index contributed by atoms with van der Waals surface area (Å²) in [4.78, 5) is 43.9. The lowest BCUT2D eigenvalue weighted by molar-refractivity contribution is -0.153. The first-order valence-corrected chi connectivity index (χ1v) is 16.6. The SMILES string of the molecule is CN1CCC(S/C=C/C2=C(C(=O)OC(c3ccccc3)c3ccccc3)N3C(=O)[C@@H](NC(=O)OC(C)(C)C)[C@H]3SC2)CC1. The summed E-state index contributed by atoms with van der Waals surface area (Å²) in [6.07, 6.45) is 2.85. The number of hydrogen-bond acceptors (Lipinski definition) is 8. The van der Waals surface area contributed by atoms with E-state index in [1.807, 2.05) is 72.1 Å². The second kappa shape index (κ2) is 13.6. The van der Waals surface area contributed by atoms with E-state index >= 15 is 0 Å². The molecule has 2 atom stereocenters. The molecule has 0 aromatic heterocycles. The molecule has 0 spiro atoms. The number of carbonyl (C=O) groups is 3. The fraction of sp³-hybridized carbons (Fsp3) is 0.424. The van der Waals surface area contributed by atoms with Crippen molar-refractivity contribution in [2.75, 3.05) is 25.9 Å². The lowest BCUT2D eigenvalue weighted by Crippen LogP contribution is -2.70. The Morgan fingerprint density at radius 2 is 1.63 bits per heavy atom. The predicted molar refractivity (Wildman–Crippen MR) is 171 cm³/mol. The van der Waals surface area contributed by atoms with Crippen molar-refractivity contribution in [3.05, 3.63) is 94.5 Å². The van der Waals surface area contributed by atoms with E-state index in [9.17, 15) is 14.4 Å². The molecule has 0 aliphatic carbocycles. The van der Waals surface area contributed by atoms with Crippen LogP contribution in [-0.4, -0.2) is 75.9 Å². The summed E-state index contributed by atoms with van der Waals surface area (Å²) in [5.74, 6) is -0.437. The number of alkyl carbamates (subject to hydrolysis) is 1. The molecule has 3 aliphatic rings. The zero-order valence-corrected chi connectivity index (χ0v) is 26.7. The molecule has 2 aromatic rings. The second-order valence-corrected chi connectivity index (χ2v) is 14.3. The van der Waals surface area contributed by atoms with Crippen molar-refractivity contribution < 1.29 is 23.9 Å². The lowest BCUT2D eigenvalue weighted by atomic mass is 10.0. The summed E-state index contributed by atoms with van der Waals surface area (Å²) < 4.78 is 11.6. The van der Waals surface area contributed by atoms with Gasteiger partial charge < -0.3 is 19.7 Å². The van der Waals surface area contributed by atoms with Gasteiger partial charge in [0.1, 0.15) is 22.7 Å². The molecule has 0 saturated carbocycles. The monoisotopic (exact) mass is 621 g/mol. The van der Waals surface area contributed by atoms with Gasteiger partial charge in [0, 0.05) is 11.0 Å². The number of ether oxygens (including phenoxy) is 2. The van der Waals surface area contributed by atoms with Gasteiger partial charge in [-0.15, -0.1) is 23.5 Å². The van der Waals surface area contributed by atoms with Crippen molar-refractivity contribution in [2.24, 2.45) is 0 Å². The average Bonchev–Trinajstić information content (AvgIpc) is 2.99. The van der Waals surface area contributed by atoms with Gasteiger partial charge in [-0.2, -0.15) is 0 Å². The first-order chi connectivity index (χ1) is 20.6. The minimum Gasteiger partial charge on any atom is -0.448 e. The summed E-state index contributed by atoms with van der Waals surface area (Å²) in [5, 5.41) is 4.83. The van der Waals surface area contributed by atoms with E-state index in [0.717, 1.165) is 42.6 Å². The van der Waals surface area contributed by atoms with E-state index in [1.54, 1.807) is 32.5 Å². The Bertz CT molecular complexity index is 1330. The normalized spacial score (nSPS) is 21.5. The third-order valence-corrected chi connectivity index (χ3v) is 9.95. The van der Waals surface area contributed by atoms with Crippen LogP contribution in [0.3, 0.4) is 0 Å². The van der Waals surface area contributed by atoms with Crippen LogP contribution >= 0.6 is 23.5 Å². The number of allylic oxidation sites excluding steroid dienone is 1. The highest BCUT2D eigenvalue weighted by molar-refractivity contribution is 8.02. The van der Waals surface area contributed by atoms with E-state index in [-0.39, 0.29) is 11.6 Å². The van der Waals surface area contributed by atoms with Crippen LogP contribution in [0.2, 0.25) is 0 Å². The maximum absolute atomic E-state index is 14.1. The van der Waals surface area contributed by atoms with Gasteiger partial charge in [0.25, 0.3) is 5.91 Å². The number of nitrogens with one attached hydrogen (secondary N) is 1. The Labute approximate surface area is 262 Å². The third-order valence-electron chi connectivity index (χ3n) is 7.50.